The normalized spacial score (nSPS) is 12.5. The lowest BCUT2D eigenvalue weighted by atomic mass is 10.0. The van der Waals surface area contributed by atoms with Gasteiger partial charge in [0.2, 0.25) is 0 Å². The van der Waals surface area contributed by atoms with Crippen LogP contribution in [0.3, 0.4) is 0 Å². The molecule has 1 aromatic carbocycles. The summed E-state index contributed by atoms with van der Waals surface area (Å²) in [7, 11) is 0. The maximum absolute atomic E-state index is 12.9. The molecule has 0 aromatic heterocycles. The van der Waals surface area contributed by atoms with E-state index < -0.39 is 0 Å². The first-order valence-corrected chi connectivity index (χ1v) is 4.03. The van der Waals surface area contributed by atoms with Gasteiger partial charge in [-0.1, -0.05) is 18.2 Å². The monoisotopic (exact) mass is 180 g/mol. The third-order valence-corrected chi connectivity index (χ3v) is 1.96. The summed E-state index contributed by atoms with van der Waals surface area (Å²) < 4.78 is 12.9. The van der Waals surface area contributed by atoms with Gasteiger partial charge in [0.25, 0.3) is 0 Å². The molecule has 1 rings (SSSR count). The molecule has 3 N–H and O–H groups in total. The Balaban J connectivity index is 3.01. The van der Waals surface area contributed by atoms with E-state index >= 15 is 0 Å². The Kier molecular flexibility index (Phi) is 3.17. The summed E-state index contributed by atoms with van der Waals surface area (Å²) in [5.74, 6) is 5.08. The van der Waals surface area contributed by atoms with Gasteiger partial charge < -0.3 is 0 Å². The van der Waals surface area contributed by atoms with E-state index in [4.69, 9.17) is 5.84 Å². The summed E-state index contributed by atoms with van der Waals surface area (Å²) in [5, 5.41) is 0. The van der Waals surface area contributed by atoms with E-state index in [2.05, 4.69) is 12.0 Å². The molecule has 0 saturated heterocycles. The second-order valence-electron chi connectivity index (χ2n) is 2.89. The Morgan fingerprint density at radius 2 is 2.31 bits per heavy atom. The third kappa shape index (κ3) is 2.14. The van der Waals surface area contributed by atoms with Crippen LogP contribution in [-0.2, 0) is 0 Å². The zero-order chi connectivity index (χ0) is 9.84. The van der Waals surface area contributed by atoms with E-state index in [1.807, 2.05) is 0 Å². The van der Waals surface area contributed by atoms with Crippen molar-refractivity contribution in [3.05, 3.63) is 47.8 Å². The van der Waals surface area contributed by atoms with E-state index in [0.29, 0.717) is 5.56 Å². The molecule has 1 unspecified atom stereocenters. The highest BCUT2D eigenvalue weighted by atomic mass is 19.1. The minimum absolute atomic E-state index is 0.126. The van der Waals surface area contributed by atoms with Crippen molar-refractivity contribution in [3.63, 3.8) is 0 Å². The average Bonchev–Trinajstić information content (AvgIpc) is 2.13. The van der Waals surface area contributed by atoms with Crippen LogP contribution in [0, 0.1) is 12.7 Å². The van der Waals surface area contributed by atoms with Crippen LogP contribution in [0.15, 0.2) is 30.9 Å². The zero-order valence-electron chi connectivity index (χ0n) is 7.55. The lowest BCUT2D eigenvalue weighted by Crippen LogP contribution is -2.26. The average molecular weight is 180 g/mol. The van der Waals surface area contributed by atoms with Gasteiger partial charge in [-0.3, -0.25) is 5.84 Å². The molecule has 0 saturated carbocycles. The first kappa shape index (κ1) is 9.89. The van der Waals surface area contributed by atoms with Gasteiger partial charge in [0.1, 0.15) is 5.82 Å². The Bertz CT molecular complexity index is 310. The molecule has 1 atom stereocenters. The molecule has 0 fully saturated rings. The lowest BCUT2D eigenvalue weighted by molar-refractivity contribution is 0.611. The van der Waals surface area contributed by atoms with E-state index in [-0.39, 0.29) is 11.9 Å². The molecule has 0 amide bonds. The van der Waals surface area contributed by atoms with Crippen LogP contribution in [0.4, 0.5) is 4.39 Å². The third-order valence-electron chi connectivity index (χ3n) is 1.96. The van der Waals surface area contributed by atoms with Gasteiger partial charge in [0.05, 0.1) is 6.04 Å². The first-order chi connectivity index (χ1) is 6.19. The minimum atomic E-state index is -0.205. The summed E-state index contributed by atoms with van der Waals surface area (Å²) in [6.45, 7) is 5.34. The largest absolute Gasteiger partial charge is 0.271 e. The molecule has 0 aliphatic heterocycles. The van der Waals surface area contributed by atoms with Crippen molar-refractivity contribution in [2.75, 3.05) is 0 Å². The number of hydrazine groups is 1. The highest BCUT2D eigenvalue weighted by Gasteiger charge is 2.06. The summed E-state index contributed by atoms with van der Waals surface area (Å²) in [6, 6.07) is 4.74. The number of halogens is 1. The van der Waals surface area contributed by atoms with Crippen LogP contribution < -0.4 is 11.3 Å². The number of aryl methyl sites for hydroxylation is 1. The van der Waals surface area contributed by atoms with E-state index in [9.17, 15) is 4.39 Å². The summed E-state index contributed by atoms with van der Waals surface area (Å²) in [5.41, 5.74) is 4.10. The fourth-order valence-electron chi connectivity index (χ4n) is 1.16. The van der Waals surface area contributed by atoms with Gasteiger partial charge in [-0.15, -0.1) is 6.58 Å². The zero-order valence-corrected chi connectivity index (χ0v) is 7.55. The SMILES string of the molecule is C=CC(NN)c1ccc(F)c(C)c1. The predicted octanol–water partition coefficient (Wildman–Crippen LogP) is 1.82. The Hall–Kier alpha value is -1.19. The molecule has 0 bridgehead atoms. The topological polar surface area (TPSA) is 38.0 Å². The number of nitrogens with one attached hydrogen (secondary N) is 1. The maximum atomic E-state index is 12.9. The van der Waals surface area contributed by atoms with Crippen LogP contribution in [0.2, 0.25) is 0 Å². The molecule has 1 aromatic rings. The van der Waals surface area contributed by atoms with Crippen molar-refractivity contribution in [2.24, 2.45) is 5.84 Å². The number of benzene rings is 1. The van der Waals surface area contributed by atoms with Gasteiger partial charge in [0, 0.05) is 0 Å². The van der Waals surface area contributed by atoms with Crippen molar-refractivity contribution in [1.82, 2.24) is 5.43 Å². The van der Waals surface area contributed by atoms with E-state index in [1.54, 1.807) is 25.1 Å². The molecule has 0 spiro atoms. The molecule has 0 aliphatic carbocycles. The molecule has 13 heavy (non-hydrogen) atoms. The number of hydrogen-bond donors (Lipinski definition) is 2. The van der Waals surface area contributed by atoms with Crippen LogP contribution in [0.1, 0.15) is 17.2 Å². The molecular formula is C10H13FN2. The highest BCUT2D eigenvalue weighted by Crippen LogP contribution is 2.16. The molecular weight excluding hydrogens is 167 g/mol. The van der Waals surface area contributed by atoms with Crippen LogP contribution in [0.25, 0.3) is 0 Å². The fraction of sp³-hybridized carbons (Fsp3) is 0.200. The molecule has 0 heterocycles. The van der Waals surface area contributed by atoms with Crippen molar-refractivity contribution in [2.45, 2.75) is 13.0 Å². The summed E-state index contributed by atoms with van der Waals surface area (Å²) in [4.78, 5) is 0. The van der Waals surface area contributed by atoms with Gasteiger partial charge in [-0.2, -0.15) is 0 Å². The van der Waals surface area contributed by atoms with Crippen molar-refractivity contribution < 1.29 is 4.39 Å². The van der Waals surface area contributed by atoms with Gasteiger partial charge >= 0.3 is 0 Å². The van der Waals surface area contributed by atoms with Gasteiger partial charge in [-0.05, 0) is 24.1 Å². The van der Waals surface area contributed by atoms with Crippen LogP contribution >= 0.6 is 0 Å². The highest BCUT2D eigenvalue weighted by molar-refractivity contribution is 5.28. The molecule has 70 valence electrons. The van der Waals surface area contributed by atoms with Gasteiger partial charge in [-0.25, -0.2) is 9.82 Å². The molecule has 2 nitrogen and oxygen atoms in total. The van der Waals surface area contributed by atoms with E-state index in [1.165, 1.54) is 6.07 Å². The molecule has 0 aliphatic rings. The number of rotatable bonds is 3. The number of nitrogens with two attached hydrogens (primary N) is 1. The quantitative estimate of drug-likeness (QED) is 0.423. The first-order valence-electron chi connectivity index (χ1n) is 4.03. The predicted molar refractivity (Wildman–Crippen MR) is 51.4 cm³/mol. The second kappa shape index (κ2) is 4.16. The van der Waals surface area contributed by atoms with Crippen molar-refractivity contribution >= 4 is 0 Å². The fourth-order valence-corrected chi connectivity index (χ4v) is 1.16. The smallest absolute Gasteiger partial charge is 0.126 e. The maximum Gasteiger partial charge on any atom is 0.126 e. The summed E-state index contributed by atoms with van der Waals surface area (Å²) in [6.07, 6.45) is 1.67. The Labute approximate surface area is 77.2 Å². The second-order valence-corrected chi connectivity index (χ2v) is 2.89. The lowest BCUT2D eigenvalue weighted by Gasteiger charge is -2.11. The van der Waals surface area contributed by atoms with Crippen molar-refractivity contribution in [3.8, 4) is 0 Å². The standard InChI is InChI=1S/C10H13FN2/c1-3-10(13-12)8-4-5-9(11)7(2)6-8/h3-6,10,13H,1,12H2,2H3. The number of hydrogen-bond acceptors (Lipinski definition) is 2. The molecule has 0 radical (unpaired) electrons. The molecule has 3 heteroatoms. The van der Waals surface area contributed by atoms with Gasteiger partial charge in [0.15, 0.2) is 0 Å². The summed E-state index contributed by atoms with van der Waals surface area (Å²) >= 11 is 0. The van der Waals surface area contributed by atoms with Crippen LogP contribution in [-0.4, -0.2) is 0 Å². The van der Waals surface area contributed by atoms with Crippen molar-refractivity contribution in [1.29, 1.82) is 0 Å². The Morgan fingerprint density at radius 1 is 1.62 bits per heavy atom. The minimum Gasteiger partial charge on any atom is -0.271 e. The Morgan fingerprint density at radius 3 is 2.77 bits per heavy atom. The van der Waals surface area contributed by atoms with E-state index in [0.717, 1.165) is 5.56 Å². The van der Waals surface area contributed by atoms with Crippen LogP contribution in [0.5, 0.6) is 0 Å².